The predicted octanol–water partition coefficient (Wildman–Crippen LogP) is 3.30. The molecule has 3 aromatic carbocycles. The molecule has 1 aliphatic heterocycles. The Bertz CT molecular complexity index is 1310. The Morgan fingerprint density at radius 3 is 2.51 bits per heavy atom. The fourth-order valence-electron chi connectivity index (χ4n) is 3.92. The van der Waals surface area contributed by atoms with E-state index in [9.17, 15) is 19.2 Å². The molecule has 0 bridgehead atoms. The second-order valence-electron chi connectivity index (χ2n) is 8.13. The first-order valence-electron chi connectivity index (χ1n) is 11.2. The zero-order chi connectivity index (χ0) is 24.9. The number of rotatable bonds is 6. The molecular weight excluding hydrogens is 446 g/mol. The number of nitrogens with one attached hydrogen (secondary N) is 1. The lowest BCUT2D eigenvalue weighted by molar-refractivity contribution is -0.144. The number of nitrogens with zero attached hydrogens (tertiary/aromatic N) is 2. The van der Waals surface area contributed by atoms with E-state index in [0.29, 0.717) is 11.4 Å². The van der Waals surface area contributed by atoms with Crippen LogP contribution in [0, 0.1) is 6.92 Å². The van der Waals surface area contributed by atoms with Crippen LogP contribution in [0.4, 0.5) is 5.69 Å². The standard InChI is InChI=1S/C27H25N3O5/c1-3-7-25(32)30(22-16-26(33)29(27(22)34)20-14-12-18(2)13-15-20)28-24(31)17-35-23-11-6-9-19-8-4-5-10-21(19)23/h3-15,22H,16-17H2,1-2H3,(H,28,31). The highest BCUT2D eigenvalue weighted by atomic mass is 16.5. The minimum Gasteiger partial charge on any atom is -0.483 e. The second-order valence-corrected chi connectivity index (χ2v) is 8.13. The lowest BCUT2D eigenvalue weighted by Crippen LogP contribution is -2.55. The summed E-state index contributed by atoms with van der Waals surface area (Å²) in [5.74, 6) is -1.79. The smallest absolute Gasteiger partial charge is 0.276 e. The highest BCUT2D eigenvalue weighted by Gasteiger charge is 2.45. The largest absolute Gasteiger partial charge is 0.483 e. The van der Waals surface area contributed by atoms with Crippen LogP contribution in [0.5, 0.6) is 5.75 Å². The fraction of sp³-hybridized carbons (Fsp3) is 0.185. The van der Waals surface area contributed by atoms with Gasteiger partial charge in [-0.2, -0.15) is 0 Å². The van der Waals surface area contributed by atoms with Crippen molar-refractivity contribution in [3.05, 3.63) is 84.4 Å². The van der Waals surface area contributed by atoms with Crippen LogP contribution in [0.1, 0.15) is 18.9 Å². The quantitative estimate of drug-likeness (QED) is 0.338. The maximum absolute atomic E-state index is 13.2. The average molecular weight is 472 g/mol. The summed E-state index contributed by atoms with van der Waals surface area (Å²) in [4.78, 5) is 52.4. The molecule has 8 nitrogen and oxygen atoms in total. The molecule has 1 fully saturated rings. The van der Waals surface area contributed by atoms with Gasteiger partial charge in [0, 0.05) is 11.5 Å². The topological polar surface area (TPSA) is 96.0 Å². The van der Waals surface area contributed by atoms with E-state index < -0.39 is 29.7 Å². The molecule has 3 aromatic rings. The van der Waals surface area contributed by atoms with Gasteiger partial charge in [0.2, 0.25) is 5.91 Å². The van der Waals surface area contributed by atoms with Crippen molar-refractivity contribution in [1.29, 1.82) is 0 Å². The average Bonchev–Trinajstić information content (AvgIpc) is 3.15. The van der Waals surface area contributed by atoms with Crippen molar-refractivity contribution in [1.82, 2.24) is 10.4 Å². The minimum atomic E-state index is -1.17. The molecule has 1 heterocycles. The van der Waals surface area contributed by atoms with Gasteiger partial charge in [-0.25, -0.2) is 9.91 Å². The Morgan fingerprint density at radius 1 is 1.06 bits per heavy atom. The molecule has 1 N–H and O–H groups in total. The van der Waals surface area contributed by atoms with E-state index >= 15 is 0 Å². The van der Waals surface area contributed by atoms with E-state index in [4.69, 9.17) is 4.74 Å². The third kappa shape index (κ3) is 5.06. The molecule has 35 heavy (non-hydrogen) atoms. The van der Waals surface area contributed by atoms with Gasteiger partial charge in [0.05, 0.1) is 12.1 Å². The molecule has 1 saturated heterocycles. The van der Waals surface area contributed by atoms with Crippen LogP contribution in [0.3, 0.4) is 0 Å². The number of benzene rings is 3. The molecule has 8 heteroatoms. The van der Waals surface area contributed by atoms with Gasteiger partial charge in [0.1, 0.15) is 11.8 Å². The number of allylic oxidation sites excluding steroid dienone is 1. The third-order valence-corrected chi connectivity index (χ3v) is 5.63. The van der Waals surface area contributed by atoms with Crippen LogP contribution in [-0.4, -0.2) is 41.3 Å². The van der Waals surface area contributed by atoms with E-state index in [1.165, 1.54) is 12.2 Å². The van der Waals surface area contributed by atoms with E-state index in [-0.39, 0.29) is 13.0 Å². The summed E-state index contributed by atoms with van der Waals surface area (Å²) in [6, 6.07) is 18.8. The van der Waals surface area contributed by atoms with Gasteiger partial charge >= 0.3 is 0 Å². The number of carbonyl (C=O) groups excluding carboxylic acids is 4. The second kappa shape index (κ2) is 10.2. The fourth-order valence-corrected chi connectivity index (χ4v) is 3.92. The molecule has 0 saturated carbocycles. The molecule has 4 amide bonds. The van der Waals surface area contributed by atoms with E-state index in [2.05, 4.69) is 5.43 Å². The van der Waals surface area contributed by atoms with Crippen LogP contribution in [0.2, 0.25) is 0 Å². The molecule has 1 atom stereocenters. The first-order chi connectivity index (χ1) is 16.9. The summed E-state index contributed by atoms with van der Waals surface area (Å²) >= 11 is 0. The van der Waals surface area contributed by atoms with Gasteiger partial charge in [-0.05, 0) is 37.4 Å². The van der Waals surface area contributed by atoms with Crippen molar-refractivity contribution in [2.24, 2.45) is 0 Å². The highest BCUT2D eigenvalue weighted by Crippen LogP contribution is 2.27. The Balaban J connectivity index is 1.50. The van der Waals surface area contributed by atoms with Crippen LogP contribution in [0.15, 0.2) is 78.9 Å². The van der Waals surface area contributed by atoms with Crippen molar-refractivity contribution in [3.63, 3.8) is 0 Å². The number of hydrazine groups is 1. The molecule has 0 spiro atoms. The summed E-state index contributed by atoms with van der Waals surface area (Å²) in [5, 5.41) is 2.71. The maximum Gasteiger partial charge on any atom is 0.276 e. The Hall–Kier alpha value is -4.46. The molecule has 4 rings (SSSR count). The molecule has 1 unspecified atom stereocenters. The maximum atomic E-state index is 13.2. The van der Waals surface area contributed by atoms with Gasteiger partial charge in [0.15, 0.2) is 6.61 Å². The van der Waals surface area contributed by atoms with Crippen molar-refractivity contribution >= 4 is 40.1 Å². The molecular formula is C27H25N3O5. The number of carbonyl (C=O) groups is 4. The highest BCUT2D eigenvalue weighted by molar-refractivity contribution is 6.23. The first-order valence-corrected chi connectivity index (χ1v) is 11.2. The zero-order valence-corrected chi connectivity index (χ0v) is 19.4. The number of aryl methyl sites for hydroxylation is 1. The van der Waals surface area contributed by atoms with Crippen molar-refractivity contribution in [2.45, 2.75) is 26.3 Å². The molecule has 0 aromatic heterocycles. The zero-order valence-electron chi connectivity index (χ0n) is 19.4. The summed E-state index contributed by atoms with van der Waals surface area (Å²) < 4.78 is 5.70. The Morgan fingerprint density at radius 2 is 1.77 bits per heavy atom. The van der Waals surface area contributed by atoms with Crippen molar-refractivity contribution in [3.8, 4) is 5.75 Å². The molecule has 1 aliphatic rings. The normalized spacial score (nSPS) is 15.6. The molecule has 178 valence electrons. The monoisotopic (exact) mass is 471 g/mol. The molecule has 0 radical (unpaired) electrons. The van der Waals surface area contributed by atoms with Crippen LogP contribution < -0.4 is 15.1 Å². The van der Waals surface area contributed by atoms with Gasteiger partial charge in [-0.3, -0.25) is 24.6 Å². The summed E-state index contributed by atoms with van der Waals surface area (Å²) in [7, 11) is 0. The lowest BCUT2D eigenvalue weighted by Gasteiger charge is -2.27. The van der Waals surface area contributed by atoms with Crippen LogP contribution >= 0.6 is 0 Å². The van der Waals surface area contributed by atoms with E-state index in [1.807, 2.05) is 43.3 Å². The molecule has 0 aliphatic carbocycles. The number of ether oxygens (including phenoxy) is 1. The summed E-state index contributed by atoms with van der Waals surface area (Å²) in [6.07, 6.45) is 2.46. The number of imide groups is 1. The van der Waals surface area contributed by atoms with Gasteiger partial charge < -0.3 is 4.74 Å². The van der Waals surface area contributed by atoms with E-state index in [1.54, 1.807) is 37.3 Å². The third-order valence-electron chi connectivity index (χ3n) is 5.63. The van der Waals surface area contributed by atoms with Gasteiger partial charge in [-0.15, -0.1) is 0 Å². The minimum absolute atomic E-state index is 0.250. The number of fused-ring (bicyclic) bond motifs is 1. The summed E-state index contributed by atoms with van der Waals surface area (Å²) in [5.41, 5.74) is 3.86. The number of anilines is 1. The van der Waals surface area contributed by atoms with Gasteiger partial charge in [0.25, 0.3) is 17.7 Å². The Kier molecular flexibility index (Phi) is 6.91. The first kappa shape index (κ1) is 23.7. The van der Waals surface area contributed by atoms with Crippen molar-refractivity contribution in [2.75, 3.05) is 11.5 Å². The van der Waals surface area contributed by atoms with Crippen molar-refractivity contribution < 1.29 is 23.9 Å². The number of hydrogen-bond acceptors (Lipinski definition) is 5. The SMILES string of the molecule is CC=CC(=O)N(NC(=O)COc1cccc2ccccc12)C1CC(=O)N(c2ccc(C)cc2)C1=O. The van der Waals surface area contributed by atoms with E-state index in [0.717, 1.165) is 26.2 Å². The van der Waals surface area contributed by atoms with Crippen LogP contribution in [0.25, 0.3) is 10.8 Å². The number of hydrogen-bond donors (Lipinski definition) is 1. The lowest BCUT2D eigenvalue weighted by atomic mass is 10.1. The van der Waals surface area contributed by atoms with Gasteiger partial charge in [-0.1, -0.05) is 60.2 Å². The van der Waals surface area contributed by atoms with Crippen LogP contribution in [-0.2, 0) is 19.2 Å². The predicted molar refractivity (Wildman–Crippen MR) is 131 cm³/mol. The number of amides is 4. The Labute approximate surface area is 202 Å². The summed E-state index contributed by atoms with van der Waals surface area (Å²) in [6.45, 7) is 3.15.